The Morgan fingerprint density at radius 1 is 1.26 bits per heavy atom. The summed E-state index contributed by atoms with van der Waals surface area (Å²) in [6.45, 7) is 8.66. The average molecular weight is 319 g/mol. The van der Waals surface area contributed by atoms with E-state index in [0.29, 0.717) is 13.1 Å². The average Bonchev–Trinajstić information content (AvgIpc) is 2.61. The molecular weight excluding hydrogens is 290 g/mol. The zero-order chi connectivity index (χ0) is 16.7. The lowest BCUT2D eigenvalue weighted by atomic mass is 9.94. The highest BCUT2D eigenvalue weighted by atomic mass is 16.2. The molecule has 1 aliphatic rings. The smallest absolute Gasteiger partial charge is 0.234 e. The van der Waals surface area contributed by atoms with Crippen molar-refractivity contribution in [1.82, 2.24) is 15.2 Å². The molecule has 3 N–H and O–H groups in total. The van der Waals surface area contributed by atoms with Crippen LogP contribution in [-0.4, -0.2) is 60.6 Å². The number of rotatable bonds is 7. The standard InChI is InChI=1S/C17H29N5O/c1-3-17(18,4-2)14-20-16(23)13-21-9-11-22(12-10-21)15-7-5-6-8-19-15/h5-8H,3-4,9-14,18H2,1-2H3,(H,20,23). The number of pyridine rings is 1. The summed E-state index contributed by atoms with van der Waals surface area (Å²) < 4.78 is 0. The third kappa shape index (κ3) is 5.18. The lowest BCUT2D eigenvalue weighted by Crippen LogP contribution is -2.53. The molecule has 6 heteroatoms. The fourth-order valence-electron chi connectivity index (χ4n) is 2.71. The Morgan fingerprint density at radius 3 is 2.52 bits per heavy atom. The van der Waals surface area contributed by atoms with E-state index in [1.807, 2.05) is 24.4 Å². The van der Waals surface area contributed by atoms with Gasteiger partial charge in [-0.3, -0.25) is 9.69 Å². The molecular formula is C17H29N5O. The molecule has 0 aliphatic carbocycles. The van der Waals surface area contributed by atoms with Gasteiger partial charge < -0.3 is 16.0 Å². The number of nitrogens with zero attached hydrogens (tertiary/aromatic N) is 3. The lowest BCUT2D eigenvalue weighted by Gasteiger charge is -2.35. The largest absolute Gasteiger partial charge is 0.354 e. The molecule has 1 aromatic rings. The molecule has 0 spiro atoms. The lowest BCUT2D eigenvalue weighted by molar-refractivity contribution is -0.122. The maximum atomic E-state index is 12.1. The van der Waals surface area contributed by atoms with E-state index >= 15 is 0 Å². The number of nitrogens with one attached hydrogen (secondary N) is 1. The summed E-state index contributed by atoms with van der Waals surface area (Å²) >= 11 is 0. The second kappa shape index (κ2) is 8.26. The number of anilines is 1. The molecule has 23 heavy (non-hydrogen) atoms. The van der Waals surface area contributed by atoms with Gasteiger partial charge in [-0.05, 0) is 25.0 Å². The van der Waals surface area contributed by atoms with E-state index in [1.54, 1.807) is 0 Å². The van der Waals surface area contributed by atoms with Gasteiger partial charge >= 0.3 is 0 Å². The van der Waals surface area contributed by atoms with Crippen molar-refractivity contribution in [2.45, 2.75) is 32.2 Å². The van der Waals surface area contributed by atoms with Crippen molar-refractivity contribution in [3.05, 3.63) is 24.4 Å². The molecule has 6 nitrogen and oxygen atoms in total. The van der Waals surface area contributed by atoms with E-state index in [0.717, 1.165) is 44.8 Å². The van der Waals surface area contributed by atoms with Gasteiger partial charge in [0.05, 0.1) is 6.54 Å². The summed E-state index contributed by atoms with van der Waals surface area (Å²) in [6.07, 6.45) is 3.55. The molecule has 1 saturated heterocycles. The van der Waals surface area contributed by atoms with Crippen molar-refractivity contribution in [1.29, 1.82) is 0 Å². The van der Waals surface area contributed by atoms with Crippen molar-refractivity contribution >= 4 is 11.7 Å². The Bertz CT molecular complexity index is 481. The summed E-state index contributed by atoms with van der Waals surface area (Å²) in [5.41, 5.74) is 5.93. The van der Waals surface area contributed by atoms with Gasteiger partial charge in [-0.15, -0.1) is 0 Å². The monoisotopic (exact) mass is 319 g/mol. The van der Waals surface area contributed by atoms with E-state index < -0.39 is 0 Å². The summed E-state index contributed by atoms with van der Waals surface area (Å²) in [4.78, 5) is 20.9. The van der Waals surface area contributed by atoms with Crippen LogP contribution in [0.5, 0.6) is 0 Å². The molecule has 0 unspecified atom stereocenters. The molecule has 0 radical (unpaired) electrons. The molecule has 0 aromatic carbocycles. The van der Waals surface area contributed by atoms with Crippen molar-refractivity contribution in [3.8, 4) is 0 Å². The van der Waals surface area contributed by atoms with Crippen LogP contribution in [0.25, 0.3) is 0 Å². The fourth-order valence-corrected chi connectivity index (χ4v) is 2.71. The normalized spacial score (nSPS) is 16.4. The number of nitrogens with two attached hydrogens (primary N) is 1. The molecule has 2 rings (SSSR count). The van der Waals surface area contributed by atoms with Gasteiger partial charge in [0.25, 0.3) is 0 Å². The van der Waals surface area contributed by atoms with Crippen LogP contribution < -0.4 is 16.0 Å². The number of piperazine rings is 1. The molecule has 1 aromatic heterocycles. The zero-order valence-electron chi connectivity index (χ0n) is 14.3. The molecule has 0 atom stereocenters. The minimum Gasteiger partial charge on any atom is -0.354 e. The number of carbonyl (C=O) groups is 1. The fraction of sp³-hybridized carbons (Fsp3) is 0.647. The van der Waals surface area contributed by atoms with Gasteiger partial charge in [-0.2, -0.15) is 0 Å². The minimum atomic E-state index is -0.284. The molecule has 0 bridgehead atoms. The second-order valence-electron chi connectivity index (χ2n) is 6.30. The van der Waals surface area contributed by atoms with Crippen LogP contribution in [0, 0.1) is 0 Å². The number of aromatic nitrogens is 1. The Morgan fingerprint density at radius 2 is 1.96 bits per heavy atom. The van der Waals surface area contributed by atoms with E-state index in [-0.39, 0.29) is 11.4 Å². The van der Waals surface area contributed by atoms with Gasteiger partial charge in [0.2, 0.25) is 5.91 Å². The summed E-state index contributed by atoms with van der Waals surface area (Å²) in [7, 11) is 0. The van der Waals surface area contributed by atoms with E-state index in [9.17, 15) is 4.79 Å². The Balaban J connectivity index is 1.73. The highest BCUT2D eigenvalue weighted by Crippen LogP contribution is 2.12. The third-order valence-corrected chi connectivity index (χ3v) is 4.76. The van der Waals surface area contributed by atoms with Crippen molar-refractivity contribution in [3.63, 3.8) is 0 Å². The Labute approximate surface area is 139 Å². The maximum absolute atomic E-state index is 12.1. The first-order chi connectivity index (χ1) is 11.1. The molecule has 0 saturated carbocycles. The van der Waals surface area contributed by atoms with Gasteiger partial charge in [-0.1, -0.05) is 19.9 Å². The summed E-state index contributed by atoms with van der Waals surface area (Å²) in [5.74, 6) is 1.07. The first kappa shape index (κ1) is 17.7. The maximum Gasteiger partial charge on any atom is 0.234 e. The molecule has 1 aliphatic heterocycles. The van der Waals surface area contributed by atoms with Gasteiger partial charge in [0.1, 0.15) is 5.82 Å². The molecule has 1 fully saturated rings. The van der Waals surface area contributed by atoms with Crippen LogP contribution in [0.3, 0.4) is 0 Å². The number of amides is 1. The topological polar surface area (TPSA) is 74.5 Å². The predicted molar refractivity (Wildman–Crippen MR) is 93.4 cm³/mol. The highest BCUT2D eigenvalue weighted by Gasteiger charge is 2.23. The summed E-state index contributed by atoms with van der Waals surface area (Å²) in [5, 5.41) is 2.98. The minimum absolute atomic E-state index is 0.0630. The van der Waals surface area contributed by atoms with Crippen molar-refractivity contribution < 1.29 is 4.79 Å². The third-order valence-electron chi connectivity index (χ3n) is 4.76. The molecule has 1 amide bonds. The van der Waals surface area contributed by atoms with Crippen molar-refractivity contribution in [2.24, 2.45) is 5.73 Å². The molecule has 2 heterocycles. The van der Waals surface area contributed by atoms with E-state index in [1.165, 1.54) is 0 Å². The van der Waals surface area contributed by atoms with Gasteiger partial charge in [-0.25, -0.2) is 4.98 Å². The van der Waals surface area contributed by atoms with Crippen LogP contribution in [0.2, 0.25) is 0 Å². The van der Waals surface area contributed by atoms with Gasteiger partial charge in [0.15, 0.2) is 0 Å². The Hall–Kier alpha value is -1.66. The molecule has 128 valence electrons. The van der Waals surface area contributed by atoms with Gasteiger partial charge in [0, 0.05) is 44.5 Å². The zero-order valence-corrected chi connectivity index (χ0v) is 14.3. The van der Waals surface area contributed by atoms with Crippen LogP contribution in [0.4, 0.5) is 5.82 Å². The first-order valence-corrected chi connectivity index (χ1v) is 8.50. The Kier molecular flexibility index (Phi) is 6.36. The first-order valence-electron chi connectivity index (χ1n) is 8.50. The SMILES string of the molecule is CCC(N)(CC)CNC(=O)CN1CCN(c2ccccn2)CC1. The van der Waals surface area contributed by atoms with Crippen LogP contribution >= 0.6 is 0 Å². The number of hydrogen-bond donors (Lipinski definition) is 2. The number of carbonyl (C=O) groups excluding carboxylic acids is 1. The highest BCUT2D eigenvalue weighted by molar-refractivity contribution is 5.78. The van der Waals surface area contributed by atoms with Crippen LogP contribution in [0.1, 0.15) is 26.7 Å². The summed E-state index contributed by atoms with van der Waals surface area (Å²) in [6, 6.07) is 5.95. The predicted octanol–water partition coefficient (Wildman–Crippen LogP) is 0.837. The number of hydrogen-bond acceptors (Lipinski definition) is 5. The van der Waals surface area contributed by atoms with Crippen LogP contribution in [0.15, 0.2) is 24.4 Å². The van der Waals surface area contributed by atoms with E-state index in [4.69, 9.17) is 5.73 Å². The van der Waals surface area contributed by atoms with E-state index in [2.05, 4.69) is 33.9 Å². The quantitative estimate of drug-likeness (QED) is 0.779. The van der Waals surface area contributed by atoms with Crippen molar-refractivity contribution in [2.75, 3.05) is 44.2 Å². The second-order valence-corrected chi connectivity index (χ2v) is 6.30. The van der Waals surface area contributed by atoms with Crippen LogP contribution in [-0.2, 0) is 4.79 Å².